The molecule has 0 bridgehead atoms. The second-order valence-electron chi connectivity index (χ2n) is 6.44. The molecular formula is C19H20Cl2N2O4S. The van der Waals surface area contributed by atoms with Gasteiger partial charge in [0.2, 0.25) is 0 Å². The van der Waals surface area contributed by atoms with Gasteiger partial charge < -0.3 is 9.64 Å². The summed E-state index contributed by atoms with van der Waals surface area (Å²) in [7, 11) is -2.54. The minimum Gasteiger partial charge on any atom is -0.496 e. The van der Waals surface area contributed by atoms with Crippen LogP contribution in [-0.4, -0.2) is 39.4 Å². The number of hydrogen-bond acceptors (Lipinski definition) is 4. The standard InChI is InChI=1S/C19H20Cl2N2O4S/c1-27-18-8-6-14(12-15(18)19(24)23-9-3-2-4-10-23)28(25,26)22-17-11-13(20)5-7-16(17)21/h5-8,11-12,22H,2-4,9-10H2,1H3. The van der Waals surface area contributed by atoms with Crippen LogP contribution in [-0.2, 0) is 10.0 Å². The molecule has 0 aliphatic carbocycles. The van der Waals surface area contributed by atoms with Gasteiger partial charge in [-0.3, -0.25) is 9.52 Å². The third kappa shape index (κ3) is 4.54. The molecule has 1 heterocycles. The first-order valence-electron chi connectivity index (χ1n) is 8.77. The van der Waals surface area contributed by atoms with Crippen LogP contribution in [0.15, 0.2) is 41.3 Å². The number of ether oxygens (including phenoxy) is 1. The third-order valence-corrected chi connectivity index (χ3v) is 6.46. The Balaban J connectivity index is 1.95. The highest BCUT2D eigenvalue weighted by atomic mass is 35.5. The summed E-state index contributed by atoms with van der Waals surface area (Å²) >= 11 is 12.0. The fourth-order valence-electron chi connectivity index (χ4n) is 3.07. The third-order valence-electron chi connectivity index (χ3n) is 4.53. The molecule has 28 heavy (non-hydrogen) atoms. The van der Waals surface area contributed by atoms with Crippen LogP contribution in [0.5, 0.6) is 5.75 Å². The Morgan fingerprint density at radius 1 is 1.07 bits per heavy atom. The molecule has 3 rings (SSSR count). The van der Waals surface area contributed by atoms with Gasteiger partial charge in [-0.2, -0.15) is 0 Å². The van der Waals surface area contributed by atoms with Crippen molar-refractivity contribution in [2.75, 3.05) is 24.9 Å². The molecule has 1 saturated heterocycles. The summed E-state index contributed by atoms with van der Waals surface area (Å²) in [6.45, 7) is 1.30. The number of hydrogen-bond donors (Lipinski definition) is 1. The predicted molar refractivity (Wildman–Crippen MR) is 110 cm³/mol. The van der Waals surface area contributed by atoms with Crippen molar-refractivity contribution in [1.82, 2.24) is 4.90 Å². The largest absolute Gasteiger partial charge is 0.496 e. The number of halogens is 2. The Morgan fingerprint density at radius 2 is 1.79 bits per heavy atom. The maximum atomic E-state index is 12.9. The fraction of sp³-hybridized carbons (Fsp3) is 0.316. The lowest BCUT2D eigenvalue weighted by Gasteiger charge is -2.27. The Morgan fingerprint density at radius 3 is 2.46 bits per heavy atom. The van der Waals surface area contributed by atoms with Crippen LogP contribution in [0.1, 0.15) is 29.6 Å². The lowest BCUT2D eigenvalue weighted by molar-refractivity contribution is 0.0720. The normalized spacial score (nSPS) is 14.6. The van der Waals surface area contributed by atoms with E-state index in [2.05, 4.69) is 4.72 Å². The van der Waals surface area contributed by atoms with Gasteiger partial charge in [-0.25, -0.2) is 8.42 Å². The maximum Gasteiger partial charge on any atom is 0.261 e. The van der Waals surface area contributed by atoms with Crippen LogP contribution < -0.4 is 9.46 Å². The average Bonchev–Trinajstić information content (AvgIpc) is 2.70. The van der Waals surface area contributed by atoms with Crippen molar-refractivity contribution in [2.24, 2.45) is 0 Å². The fourth-order valence-corrected chi connectivity index (χ4v) is 4.56. The molecule has 2 aromatic rings. The highest BCUT2D eigenvalue weighted by molar-refractivity contribution is 7.92. The molecule has 1 N–H and O–H groups in total. The number of piperidine rings is 1. The number of rotatable bonds is 5. The summed E-state index contributed by atoms with van der Waals surface area (Å²) in [4.78, 5) is 14.6. The van der Waals surface area contributed by atoms with E-state index in [9.17, 15) is 13.2 Å². The van der Waals surface area contributed by atoms with E-state index in [1.54, 1.807) is 11.0 Å². The molecule has 1 fully saturated rings. The minimum absolute atomic E-state index is 0.0651. The maximum absolute atomic E-state index is 12.9. The molecule has 0 aromatic heterocycles. The average molecular weight is 443 g/mol. The molecule has 1 aliphatic rings. The molecule has 2 aromatic carbocycles. The van der Waals surface area contributed by atoms with E-state index in [4.69, 9.17) is 27.9 Å². The smallest absolute Gasteiger partial charge is 0.261 e. The minimum atomic E-state index is -3.98. The summed E-state index contributed by atoms with van der Waals surface area (Å²) in [6.07, 6.45) is 2.95. The summed E-state index contributed by atoms with van der Waals surface area (Å²) in [5.41, 5.74) is 0.373. The Bertz CT molecular complexity index is 989. The highest BCUT2D eigenvalue weighted by Crippen LogP contribution is 2.30. The van der Waals surface area contributed by atoms with Crippen LogP contribution in [0.4, 0.5) is 5.69 Å². The number of sulfonamides is 1. The van der Waals surface area contributed by atoms with Crippen molar-refractivity contribution in [3.63, 3.8) is 0 Å². The van der Waals surface area contributed by atoms with Gasteiger partial charge in [0, 0.05) is 18.1 Å². The Kier molecular flexibility index (Phi) is 6.37. The van der Waals surface area contributed by atoms with E-state index in [1.165, 1.54) is 37.4 Å². The molecule has 1 aliphatic heterocycles. The number of likely N-dealkylation sites (tertiary alicyclic amines) is 1. The van der Waals surface area contributed by atoms with E-state index in [1.807, 2.05) is 0 Å². The summed E-state index contributed by atoms with van der Waals surface area (Å²) < 4.78 is 33.4. The molecule has 1 amide bonds. The quantitative estimate of drug-likeness (QED) is 0.742. The lowest BCUT2D eigenvalue weighted by Crippen LogP contribution is -2.35. The van der Waals surface area contributed by atoms with Crippen molar-refractivity contribution >= 4 is 44.8 Å². The van der Waals surface area contributed by atoms with E-state index < -0.39 is 10.0 Å². The van der Waals surface area contributed by atoms with Gasteiger partial charge in [-0.05, 0) is 55.7 Å². The molecular weight excluding hydrogens is 423 g/mol. The monoisotopic (exact) mass is 442 g/mol. The molecule has 0 radical (unpaired) electrons. The van der Waals surface area contributed by atoms with Gasteiger partial charge in [0.15, 0.2) is 0 Å². The molecule has 6 nitrogen and oxygen atoms in total. The summed E-state index contributed by atoms with van der Waals surface area (Å²) in [5, 5.41) is 0.559. The number of nitrogens with zero attached hydrogens (tertiary/aromatic N) is 1. The van der Waals surface area contributed by atoms with Crippen LogP contribution in [0.25, 0.3) is 0 Å². The lowest BCUT2D eigenvalue weighted by atomic mass is 10.1. The van der Waals surface area contributed by atoms with E-state index >= 15 is 0 Å². The predicted octanol–water partition coefficient (Wildman–Crippen LogP) is 4.43. The first-order chi connectivity index (χ1) is 13.3. The zero-order valence-electron chi connectivity index (χ0n) is 15.2. The van der Waals surface area contributed by atoms with E-state index in [0.717, 1.165) is 19.3 Å². The van der Waals surface area contributed by atoms with E-state index in [-0.39, 0.29) is 27.1 Å². The number of amides is 1. The topological polar surface area (TPSA) is 75.7 Å². The van der Waals surface area contributed by atoms with Crippen molar-refractivity contribution < 1.29 is 17.9 Å². The number of anilines is 1. The van der Waals surface area contributed by atoms with Crippen molar-refractivity contribution in [3.05, 3.63) is 52.0 Å². The molecule has 0 unspecified atom stereocenters. The van der Waals surface area contributed by atoms with Gasteiger partial charge >= 0.3 is 0 Å². The first-order valence-corrected chi connectivity index (χ1v) is 11.0. The van der Waals surface area contributed by atoms with Crippen LogP contribution in [0.2, 0.25) is 10.0 Å². The van der Waals surface area contributed by atoms with Gasteiger partial charge in [0.25, 0.3) is 15.9 Å². The zero-order chi connectivity index (χ0) is 20.3. The van der Waals surface area contributed by atoms with Crippen LogP contribution >= 0.6 is 23.2 Å². The van der Waals surface area contributed by atoms with E-state index in [0.29, 0.717) is 23.9 Å². The molecule has 0 spiro atoms. The number of carbonyl (C=O) groups is 1. The summed E-state index contributed by atoms with van der Waals surface area (Å²) in [6, 6.07) is 8.67. The molecule has 9 heteroatoms. The van der Waals surface area contributed by atoms with Crippen molar-refractivity contribution in [1.29, 1.82) is 0 Å². The van der Waals surface area contributed by atoms with Gasteiger partial charge in [-0.1, -0.05) is 23.2 Å². The van der Waals surface area contributed by atoms with Gasteiger partial charge in [-0.15, -0.1) is 0 Å². The molecule has 150 valence electrons. The summed E-state index contributed by atoms with van der Waals surface area (Å²) in [5.74, 6) is 0.0877. The number of benzene rings is 2. The van der Waals surface area contributed by atoms with Crippen molar-refractivity contribution in [2.45, 2.75) is 24.2 Å². The Hall–Kier alpha value is -1.96. The first kappa shape index (κ1) is 20.8. The van der Waals surface area contributed by atoms with Gasteiger partial charge in [0.1, 0.15) is 5.75 Å². The number of nitrogens with one attached hydrogen (secondary N) is 1. The highest BCUT2D eigenvalue weighted by Gasteiger charge is 2.25. The Labute approximate surface area is 174 Å². The second-order valence-corrected chi connectivity index (χ2v) is 8.97. The SMILES string of the molecule is COc1ccc(S(=O)(=O)Nc2cc(Cl)ccc2Cl)cc1C(=O)N1CCCCC1. The van der Waals surface area contributed by atoms with Gasteiger partial charge in [0.05, 0.1) is 28.3 Å². The molecule has 0 saturated carbocycles. The zero-order valence-corrected chi connectivity index (χ0v) is 17.6. The van der Waals surface area contributed by atoms with Crippen molar-refractivity contribution in [3.8, 4) is 5.75 Å². The number of methoxy groups -OCH3 is 1. The number of carbonyl (C=O) groups excluding carboxylic acids is 1. The van der Waals surface area contributed by atoms with Crippen LogP contribution in [0, 0.1) is 0 Å². The second kappa shape index (κ2) is 8.59. The van der Waals surface area contributed by atoms with Crippen LogP contribution in [0.3, 0.4) is 0 Å². The molecule has 0 atom stereocenters.